The van der Waals surface area contributed by atoms with E-state index in [9.17, 15) is 9.18 Å². The number of anilines is 1. The third-order valence-electron chi connectivity index (χ3n) is 4.76. The first-order chi connectivity index (χ1) is 13.2. The van der Waals surface area contributed by atoms with E-state index in [0.717, 1.165) is 29.3 Å². The van der Waals surface area contributed by atoms with Crippen molar-refractivity contribution in [3.8, 4) is 0 Å². The summed E-state index contributed by atoms with van der Waals surface area (Å²) in [5.41, 5.74) is 0.974. The van der Waals surface area contributed by atoms with Crippen LogP contribution in [0.2, 0.25) is 0 Å². The molecule has 0 bridgehead atoms. The van der Waals surface area contributed by atoms with Gasteiger partial charge in [-0.3, -0.25) is 4.79 Å². The Morgan fingerprint density at radius 3 is 2.70 bits per heavy atom. The van der Waals surface area contributed by atoms with Gasteiger partial charge in [-0.1, -0.05) is 54.5 Å². The van der Waals surface area contributed by atoms with E-state index >= 15 is 0 Å². The molecule has 2 aromatic rings. The number of nitrogens with zero attached hydrogens (tertiary/aromatic N) is 3. The van der Waals surface area contributed by atoms with Gasteiger partial charge >= 0.3 is 0 Å². The van der Waals surface area contributed by atoms with Crippen molar-refractivity contribution in [2.75, 3.05) is 17.6 Å². The predicted molar refractivity (Wildman–Crippen MR) is 109 cm³/mol. The molecule has 0 radical (unpaired) electrons. The van der Waals surface area contributed by atoms with Crippen LogP contribution in [0, 0.1) is 5.82 Å². The Bertz CT molecular complexity index is 732. The zero-order valence-electron chi connectivity index (χ0n) is 15.5. The fourth-order valence-corrected chi connectivity index (χ4v) is 4.99. The number of hydrogen-bond donors (Lipinski definition) is 1. The Morgan fingerprint density at radius 1 is 1.26 bits per heavy atom. The first-order valence-corrected chi connectivity index (χ1v) is 11.2. The lowest BCUT2D eigenvalue weighted by molar-refractivity contribution is -0.131. The quantitative estimate of drug-likeness (QED) is 0.649. The number of hydrogen-bond acceptors (Lipinski definition) is 6. The van der Waals surface area contributed by atoms with Crippen LogP contribution in [0.4, 0.5) is 9.52 Å². The van der Waals surface area contributed by atoms with Gasteiger partial charge in [0.2, 0.25) is 11.0 Å². The fraction of sp³-hybridized carbons (Fsp3) is 0.526. The minimum Gasteiger partial charge on any atom is -0.356 e. The van der Waals surface area contributed by atoms with Crippen LogP contribution >= 0.6 is 23.1 Å². The highest BCUT2D eigenvalue weighted by molar-refractivity contribution is 8.01. The topological polar surface area (TPSA) is 58.1 Å². The van der Waals surface area contributed by atoms with Crippen LogP contribution in [0.3, 0.4) is 0 Å². The summed E-state index contributed by atoms with van der Waals surface area (Å²) in [7, 11) is 0. The summed E-state index contributed by atoms with van der Waals surface area (Å²) in [6.07, 6.45) is 5.98. The van der Waals surface area contributed by atoms with E-state index in [-0.39, 0.29) is 11.7 Å². The van der Waals surface area contributed by atoms with E-state index in [0.29, 0.717) is 23.5 Å². The third-order valence-corrected chi connectivity index (χ3v) is 6.76. The van der Waals surface area contributed by atoms with Gasteiger partial charge in [0.1, 0.15) is 5.82 Å². The molecule has 1 amide bonds. The largest absolute Gasteiger partial charge is 0.356 e. The van der Waals surface area contributed by atoms with Gasteiger partial charge in [0.05, 0.1) is 5.75 Å². The lowest BCUT2D eigenvalue weighted by Gasteiger charge is -2.33. The van der Waals surface area contributed by atoms with Gasteiger partial charge in [-0.2, -0.15) is 0 Å². The summed E-state index contributed by atoms with van der Waals surface area (Å²) in [5.74, 6) is 0.342. The first-order valence-electron chi connectivity index (χ1n) is 9.40. The second-order valence-electron chi connectivity index (χ2n) is 6.61. The number of thioether (sulfide) groups is 1. The average Bonchev–Trinajstić information content (AvgIpc) is 3.15. The Balaban J connectivity index is 1.46. The molecule has 1 saturated carbocycles. The lowest BCUT2D eigenvalue weighted by atomic mass is 9.94. The smallest absolute Gasteiger partial charge is 0.233 e. The summed E-state index contributed by atoms with van der Waals surface area (Å²) in [4.78, 5) is 14.6. The summed E-state index contributed by atoms with van der Waals surface area (Å²) >= 11 is 2.88. The maximum Gasteiger partial charge on any atom is 0.233 e. The van der Waals surface area contributed by atoms with E-state index in [1.54, 1.807) is 12.1 Å². The average molecular weight is 409 g/mol. The molecule has 0 saturated heterocycles. The molecular weight excluding hydrogens is 383 g/mol. The normalized spacial score (nSPS) is 14.9. The SMILES string of the molecule is CCN(C(=O)CSc1nnc(NCc2ccc(F)cc2)s1)C1CCCCC1. The summed E-state index contributed by atoms with van der Waals surface area (Å²) in [6, 6.07) is 6.76. The van der Waals surface area contributed by atoms with Gasteiger partial charge in [0, 0.05) is 19.1 Å². The molecule has 0 atom stereocenters. The fourth-order valence-electron chi connectivity index (χ4n) is 3.36. The van der Waals surface area contributed by atoms with Crippen LogP contribution in [0.5, 0.6) is 0 Å². The number of halogens is 1. The molecule has 1 aromatic heterocycles. The van der Waals surface area contributed by atoms with Gasteiger partial charge < -0.3 is 10.2 Å². The molecule has 0 aliphatic heterocycles. The minimum absolute atomic E-state index is 0.186. The van der Waals surface area contributed by atoms with Crippen LogP contribution in [0.1, 0.15) is 44.6 Å². The molecule has 1 aliphatic carbocycles. The van der Waals surface area contributed by atoms with Crippen molar-refractivity contribution in [2.24, 2.45) is 0 Å². The molecule has 1 fully saturated rings. The van der Waals surface area contributed by atoms with Crippen molar-refractivity contribution in [3.05, 3.63) is 35.6 Å². The maximum absolute atomic E-state index is 12.9. The number of amides is 1. The Hall–Kier alpha value is -1.67. The molecule has 0 unspecified atom stereocenters. The highest BCUT2D eigenvalue weighted by atomic mass is 32.2. The molecule has 146 valence electrons. The van der Waals surface area contributed by atoms with Crippen molar-refractivity contribution in [3.63, 3.8) is 0 Å². The molecule has 27 heavy (non-hydrogen) atoms. The Kier molecular flexibility index (Phi) is 7.46. The molecule has 1 heterocycles. The molecule has 3 rings (SSSR count). The van der Waals surface area contributed by atoms with Crippen molar-refractivity contribution in [1.82, 2.24) is 15.1 Å². The monoisotopic (exact) mass is 408 g/mol. The van der Waals surface area contributed by atoms with E-state index in [1.807, 2.05) is 4.90 Å². The summed E-state index contributed by atoms with van der Waals surface area (Å²) in [5, 5.41) is 12.2. The van der Waals surface area contributed by atoms with E-state index in [4.69, 9.17) is 0 Å². The molecular formula is C19H25FN4OS2. The molecule has 1 aromatic carbocycles. The molecule has 1 N–H and O–H groups in total. The number of benzene rings is 1. The van der Waals surface area contributed by atoms with Gasteiger partial charge in [0.25, 0.3) is 0 Å². The molecule has 5 nitrogen and oxygen atoms in total. The predicted octanol–water partition coefficient (Wildman–Crippen LogP) is 4.56. The maximum atomic E-state index is 12.9. The van der Waals surface area contributed by atoms with Gasteiger partial charge in [-0.05, 0) is 37.5 Å². The van der Waals surface area contributed by atoms with Crippen molar-refractivity contribution >= 4 is 34.1 Å². The van der Waals surface area contributed by atoms with Gasteiger partial charge in [-0.15, -0.1) is 10.2 Å². The zero-order valence-corrected chi connectivity index (χ0v) is 17.1. The van der Waals surface area contributed by atoms with E-state index in [1.165, 1.54) is 54.5 Å². The van der Waals surface area contributed by atoms with Gasteiger partial charge in [0.15, 0.2) is 4.34 Å². The van der Waals surface area contributed by atoms with Crippen molar-refractivity contribution in [1.29, 1.82) is 0 Å². The second kappa shape index (κ2) is 10.0. The Labute approximate surface area is 167 Å². The standard InChI is InChI=1S/C19H25FN4OS2/c1-2-24(16-6-4-3-5-7-16)17(25)13-26-19-23-22-18(27-19)21-12-14-8-10-15(20)11-9-14/h8-11,16H,2-7,12-13H2,1H3,(H,21,22). The molecule has 1 aliphatic rings. The van der Waals surface area contributed by atoms with Crippen molar-refractivity contribution in [2.45, 2.75) is 56.0 Å². The van der Waals surface area contributed by atoms with Crippen LogP contribution in [0.25, 0.3) is 0 Å². The number of nitrogens with one attached hydrogen (secondary N) is 1. The summed E-state index contributed by atoms with van der Waals surface area (Å²) < 4.78 is 13.7. The van der Waals surface area contributed by atoms with Crippen LogP contribution in [-0.2, 0) is 11.3 Å². The summed E-state index contributed by atoms with van der Waals surface area (Å²) in [6.45, 7) is 3.38. The van der Waals surface area contributed by atoms with Crippen LogP contribution in [0.15, 0.2) is 28.6 Å². The van der Waals surface area contributed by atoms with E-state index < -0.39 is 0 Å². The minimum atomic E-state index is -0.243. The van der Waals surface area contributed by atoms with Crippen molar-refractivity contribution < 1.29 is 9.18 Å². The highest BCUT2D eigenvalue weighted by Gasteiger charge is 2.24. The second-order valence-corrected chi connectivity index (χ2v) is 8.81. The zero-order chi connectivity index (χ0) is 19.1. The first kappa shape index (κ1) is 20.1. The highest BCUT2D eigenvalue weighted by Crippen LogP contribution is 2.28. The molecule has 0 spiro atoms. The number of aromatic nitrogens is 2. The van der Waals surface area contributed by atoms with Crippen LogP contribution in [-0.4, -0.2) is 39.3 Å². The van der Waals surface area contributed by atoms with Gasteiger partial charge in [-0.25, -0.2) is 4.39 Å². The third kappa shape index (κ3) is 5.90. The van der Waals surface area contributed by atoms with Crippen LogP contribution < -0.4 is 5.32 Å². The Morgan fingerprint density at radius 2 is 2.00 bits per heavy atom. The molecule has 8 heteroatoms. The van der Waals surface area contributed by atoms with E-state index in [2.05, 4.69) is 22.4 Å². The number of carbonyl (C=O) groups excluding carboxylic acids is 1. The number of rotatable bonds is 8. The lowest BCUT2D eigenvalue weighted by Crippen LogP contribution is -2.42. The number of carbonyl (C=O) groups is 1.